The Bertz CT molecular complexity index is 217. The highest BCUT2D eigenvalue weighted by Crippen LogP contribution is 2.15. The molecule has 4 nitrogen and oxygen atoms in total. The number of quaternary nitrogens is 1. The lowest BCUT2D eigenvalue weighted by Crippen LogP contribution is -2.88. The van der Waals surface area contributed by atoms with Crippen molar-refractivity contribution >= 4 is 5.97 Å². The molecule has 1 aliphatic heterocycles. The van der Waals surface area contributed by atoms with E-state index in [0.717, 1.165) is 25.9 Å². The van der Waals surface area contributed by atoms with Crippen LogP contribution in [0, 0.1) is 5.92 Å². The van der Waals surface area contributed by atoms with Crippen LogP contribution in [-0.2, 0) is 9.53 Å². The summed E-state index contributed by atoms with van der Waals surface area (Å²) in [5.41, 5.74) is 5.47. The molecule has 0 aromatic carbocycles. The van der Waals surface area contributed by atoms with Crippen molar-refractivity contribution in [2.24, 2.45) is 11.7 Å². The van der Waals surface area contributed by atoms with Crippen LogP contribution in [0.3, 0.4) is 0 Å². The molecule has 4 N–H and O–H groups in total. The molecular weight excluding hydrogens is 192 g/mol. The van der Waals surface area contributed by atoms with Gasteiger partial charge < -0.3 is 15.8 Å². The predicted octanol–water partition coefficient (Wildman–Crippen LogP) is -0.371. The van der Waals surface area contributed by atoms with Gasteiger partial charge in [-0.15, -0.1) is 0 Å². The summed E-state index contributed by atoms with van der Waals surface area (Å²) in [7, 11) is 0. The van der Waals surface area contributed by atoms with E-state index < -0.39 is 11.6 Å². The Morgan fingerprint density at radius 2 is 2.20 bits per heavy atom. The largest absolute Gasteiger partial charge is 0.459 e. The van der Waals surface area contributed by atoms with Gasteiger partial charge in [0.2, 0.25) is 0 Å². The van der Waals surface area contributed by atoms with Gasteiger partial charge in [-0.3, -0.25) is 4.79 Å². The maximum absolute atomic E-state index is 11.7. The second-order valence-corrected chi connectivity index (χ2v) is 5.27. The zero-order chi connectivity index (χ0) is 11.5. The number of ether oxygens (including phenoxy) is 1. The molecule has 88 valence electrons. The molecule has 4 heteroatoms. The van der Waals surface area contributed by atoms with Crippen molar-refractivity contribution in [3.05, 3.63) is 0 Å². The molecule has 2 atom stereocenters. The van der Waals surface area contributed by atoms with Crippen LogP contribution in [0.15, 0.2) is 0 Å². The molecular formula is C11H23N2O2+. The van der Waals surface area contributed by atoms with Crippen molar-refractivity contribution in [3.8, 4) is 0 Å². The maximum Gasteiger partial charge on any atom is 0.323 e. The van der Waals surface area contributed by atoms with E-state index in [1.807, 2.05) is 20.8 Å². The number of piperidine rings is 1. The molecule has 0 unspecified atom stereocenters. The summed E-state index contributed by atoms with van der Waals surface area (Å²) in [5, 5.41) is 2.22. The van der Waals surface area contributed by atoms with Crippen LogP contribution in [0.1, 0.15) is 33.6 Å². The van der Waals surface area contributed by atoms with Gasteiger partial charge in [-0.2, -0.15) is 0 Å². The number of esters is 1. The van der Waals surface area contributed by atoms with E-state index in [9.17, 15) is 4.79 Å². The summed E-state index contributed by atoms with van der Waals surface area (Å²) >= 11 is 0. The van der Waals surface area contributed by atoms with Crippen molar-refractivity contribution in [1.82, 2.24) is 0 Å². The first-order chi connectivity index (χ1) is 6.90. The molecule has 0 aliphatic carbocycles. The van der Waals surface area contributed by atoms with E-state index >= 15 is 0 Å². The van der Waals surface area contributed by atoms with Gasteiger partial charge in [0.05, 0.1) is 13.1 Å². The van der Waals surface area contributed by atoms with Gasteiger partial charge in [0.1, 0.15) is 11.6 Å². The highest BCUT2D eigenvalue weighted by atomic mass is 16.6. The highest BCUT2D eigenvalue weighted by Gasteiger charge is 2.31. The molecule has 1 fully saturated rings. The number of nitrogens with two attached hydrogens (primary N) is 2. The van der Waals surface area contributed by atoms with E-state index in [1.165, 1.54) is 0 Å². The lowest BCUT2D eigenvalue weighted by atomic mass is 9.92. The third-order valence-corrected chi connectivity index (χ3v) is 2.64. The zero-order valence-corrected chi connectivity index (χ0v) is 9.95. The summed E-state index contributed by atoms with van der Waals surface area (Å²) in [4.78, 5) is 11.7. The summed E-state index contributed by atoms with van der Waals surface area (Å²) in [5.74, 6) is 0.0106. The van der Waals surface area contributed by atoms with Crippen molar-refractivity contribution in [1.29, 1.82) is 0 Å². The van der Waals surface area contributed by atoms with Crippen LogP contribution in [0.2, 0.25) is 0 Å². The molecule has 0 aromatic heterocycles. The first-order valence-electron chi connectivity index (χ1n) is 5.70. The van der Waals surface area contributed by atoms with Gasteiger partial charge in [0, 0.05) is 5.92 Å². The first-order valence-corrected chi connectivity index (χ1v) is 5.70. The second kappa shape index (κ2) is 4.94. The van der Waals surface area contributed by atoms with Crippen molar-refractivity contribution < 1.29 is 14.8 Å². The quantitative estimate of drug-likeness (QED) is 0.617. The minimum absolute atomic E-state index is 0.261. The normalized spacial score (nSPS) is 24.7. The molecule has 1 aliphatic rings. The van der Waals surface area contributed by atoms with Crippen molar-refractivity contribution in [2.45, 2.75) is 45.3 Å². The van der Waals surface area contributed by atoms with Crippen molar-refractivity contribution in [3.63, 3.8) is 0 Å². The predicted molar refractivity (Wildman–Crippen MR) is 58.2 cm³/mol. The van der Waals surface area contributed by atoms with Crippen LogP contribution in [0.5, 0.6) is 0 Å². The first kappa shape index (κ1) is 12.5. The van der Waals surface area contributed by atoms with E-state index in [-0.39, 0.29) is 11.9 Å². The molecule has 0 saturated carbocycles. The highest BCUT2D eigenvalue weighted by molar-refractivity contribution is 5.76. The SMILES string of the molecule is CC(C)(C)OC(=O)[C@H](N)[C@H]1CCC[NH2+]C1. The van der Waals surface area contributed by atoms with Crippen LogP contribution in [-0.4, -0.2) is 30.7 Å². The third-order valence-electron chi connectivity index (χ3n) is 2.64. The Morgan fingerprint density at radius 3 is 2.67 bits per heavy atom. The van der Waals surface area contributed by atoms with E-state index in [0.29, 0.717) is 0 Å². The summed E-state index contributed by atoms with van der Waals surface area (Å²) in [6.07, 6.45) is 2.18. The second-order valence-electron chi connectivity index (χ2n) is 5.27. The third kappa shape index (κ3) is 4.18. The summed E-state index contributed by atoms with van der Waals surface area (Å²) in [6, 6.07) is -0.458. The molecule has 0 amide bonds. The Labute approximate surface area is 91.5 Å². The van der Waals surface area contributed by atoms with Crippen molar-refractivity contribution in [2.75, 3.05) is 13.1 Å². The van der Waals surface area contributed by atoms with Crippen LogP contribution >= 0.6 is 0 Å². The summed E-state index contributed by atoms with van der Waals surface area (Å²) < 4.78 is 5.27. The fourth-order valence-corrected chi connectivity index (χ4v) is 1.86. The number of carbonyl (C=O) groups excluding carboxylic acids is 1. The smallest absolute Gasteiger partial charge is 0.323 e. The molecule has 1 saturated heterocycles. The lowest BCUT2D eigenvalue weighted by Gasteiger charge is -2.27. The Morgan fingerprint density at radius 1 is 1.53 bits per heavy atom. The topological polar surface area (TPSA) is 68.9 Å². The van der Waals surface area contributed by atoms with Crippen LogP contribution < -0.4 is 11.1 Å². The van der Waals surface area contributed by atoms with E-state index in [1.54, 1.807) is 0 Å². The van der Waals surface area contributed by atoms with E-state index in [4.69, 9.17) is 10.5 Å². The molecule has 1 heterocycles. The standard InChI is InChI=1S/C11H22N2O2/c1-11(2,3)15-10(14)9(12)8-5-4-6-13-7-8/h8-9,13H,4-7,12H2,1-3H3/p+1/t8-,9+/m0/s1. The average molecular weight is 215 g/mol. The number of carbonyl (C=O) groups is 1. The zero-order valence-electron chi connectivity index (χ0n) is 9.95. The van der Waals surface area contributed by atoms with Gasteiger partial charge in [0.25, 0.3) is 0 Å². The van der Waals surface area contributed by atoms with Crippen LogP contribution in [0.4, 0.5) is 0 Å². The summed E-state index contributed by atoms with van der Waals surface area (Å²) in [6.45, 7) is 7.69. The molecule has 0 radical (unpaired) electrons. The molecule has 0 spiro atoms. The van der Waals surface area contributed by atoms with Crippen LogP contribution in [0.25, 0.3) is 0 Å². The Hall–Kier alpha value is -0.610. The fraction of sp³-hybridized carbons (Fsp3) is 0.909. The molecule has 0 bridgehead atoms. The van der Waals surface area contributed by atoms with Gasteiger partial charge in [-0.1, -0.05) is 0 Å². The van der Waals surface area contributed by atoms with Gasteiger partial charge in [-0.05, 0) is 33.6 Å². The fourth-order valence-electron chi connectivity index (χ4n) is 1.86. The molecule has 15 heavy (non-hydrogen) atoms. The Kier molecular flexibility index (Phi) is 4.11. The Balaban J connectivity index is 2.44. The number of rotatable bonds is 2. The van der Waals surface area contributed by atoms with Gasteiger partial charge in [-0.25, -0.2) is 0 Å². The minimum Gasteiger partial charge on any atom is -0.459 e. The van der Waals surface area contributed by atoms with Gasteiger partial charge >= 0.3 is 5.97 Å². The maximum atomic E-state index is 11.7. The minimum atomic E-state index is -0.458. The average Bonchev–Trinajstić information content (AvgIpc) is 2.15. The molecule has 1 rings (SSSR count). The molecule has 0 aromatic rings. The number of hydrogen-bond acceptors (Lipinski definition) is 3. The van der Waals surface area contributed by atoms with E-state index in [2.05, 4.69) is 5.32 Å². The lowest BCUT2D eigenvalue weighted by molar-refractivity contribution is -0.669. The monoisotopic (exact) mass is 215 g/mol. The van der Waals surface area contributed by atoms with Gasteiger partial charge in [0.15, 0.2) is 0 Å². The number of hydrogen-bond donors (Lipinski definition) is 2.